The number of amides is 1. The molecule has 2 aromatic carbocycles. The Kier molecular flexibility index (Phi) is 4.86. The first-order chi connectivity index (χ1) is 11.6. The molecule has 1 aliphatic rings. The first-order valence-electron chi connectivity index (χ1n) is 7.87. The number of halogens is 1. The van der Waals surface area contributed by atoms with E-state index in [4.69, 9.17) is 16.3 Å². The number of hydrogen-bond acceptors (Lipinski definition) is 3. The number of nitrogens with zero attached hydrogens (tertiary/aromatic N) is 1. The minimum atomic E-state index is -0.848. The highest BCUT2D eigenvalue weighted by molar-refractivity contribution is 6.33. The van der Waals surface area contributed by atoms with Gasteiger partial charge < -0.3 is 9.64 Å². The maximum atomic E-state index is 12.6. The van der Waals surface area contributed by atoms with Gasteiger partial charge in [-0.1, -0.05) is 48.0 Å². The minimum absolute atomic E-state index is 0.190. The molecule has 0 fully saturated rings. The molecule has 0 spiro atoms. The summed E-state index contributed by atoms with van der Waals surface area (Å²) in [5.41, 5.74) is 2.67. The van der Waals surface area contributed by atoms with Crippen LogP contribution in [0, 0.1) is 0 Å². The monoisotopic (exact) mass is 343 g/mol. The number of esters is 1. The fraction of sp³-hybridized carbons (Fsp3) is 0.263. The van der Waals surface area contributed by atoms with Crippen LogP contribution in [0.15, 0.2) is 48.5 Å². The van der Waals surface area contributed by atoms with Crippen molar-refractivity contribution in [2.75, 3.05) is 6.54 Å². The molecule has 124 valence electrons. The van der Waals surface area contributed by atoms with E-state index in [1.165, 1.54) is 5.56 Å². The lowest BCUT2D eigenvalue weighted by Gasteiger charge is -2.30. The number of fused-ring (bicyclic) bond motifs is 1. The van der Waals surface area contributed by atoms with E-state index >= 15 is 0 Å². The Hall–Kier alpha value is -2.33. The van der Waals surface area contributed by atoms with Gasteiger partial charge in [-0.2, -0.15) is 0 Å². The summed E-state index contributed by atoms with van der Waals surface area (Å²) in [4.78, 5) is 26.5. The fourth-order valence-corrected chi connectivity index (χ4v) is 3.06. The van der Waals surface area contributed by atoms with E-state index < -0.39 is 12.1 Å². The van der Waals surface area contributed by atoms with Crippen LogP contribution in [0.1, 0.15) is 28.4 Å². The van der Waals surface area contributed by atoms with Crippen LogP contribution in [0.4, 0.5) is 0 Å². The smallest absolute Gasteiger partial charge is 0.340 e. The van der Waals surface area contributed by atoms with Gasteiger partial charge in [0.2, 0.25) is 0 Å². The molecule has 1 aliphatic heterocycles. The summed E-state index contributed by atoms with van der Waals surface area (Å²) in [7, 11) is 0. The molecule has 0 saturated carbocycles. The number of rotatable bonds is 3. The minimum Gasteiger partial charge on any atom is -0.449 e. The van der Waals surface area contributed by atoms with Crippen LogP contribution >= 0.6 is 11.6 Å². The molecule has 0 saturated heterocycles. The molecule has 1 atom stereocenters. The van der Waals surface area contributed by atoms with Gasteiger partial charge in [0.25, 0.3) is 5.91 Å². The fourth-order valence-electron chi connectivity index (χ4n) is 2.84. The van der Waals surface area contributed by atoms with Crippen LogP contribution in [0.5, 0.6) is 0 Å². The Bertz CT molecular complexity index is 775. The summed E-state index contributed by atoms with van der Waals surface area (Å²) in [5, 5.41) is 0.314. The topological polar surface area (TPSA) is 46.6 Å². The third-order valence-electron chi connectivity index (χ3n) is 4.17. The molecule has 24 heavy (non-hydrogen) atoms. The van der Waals surface area contributed by atoms with Gasteiger partial charge >= 0.3 is 5.97 Å². The number of carbonyl (C=O) groups excluding carboxylic acids is 2. The second-order valence-corrected chi connectivity index (χ2v) is 6.21. The lowest BCUT2D eigenvalue weighted by atomic mass is 9.99. The van der Waals surface area contributed by atoms with Gasteiger partial charge in [-0.3, -0.25) is 4.79 Å². The third kappa shape index (κ3) is 3.44. The second kappa shape index (κ2) is 7.05. The van der Waals surface area contributed by atoms with Crippen molar-refractivity contribution < 1.29 is 14.3 Å². The van der Waals surface area contributed by atoms with Crippen LogP contribution < -0.4 is 0 Å². The number of carbonyl (C=O) groups is 2. The summed E-state index contributed by atoms with van der Waals surface area (Å²) in [6.07, 6.45) is -0.0355. The number of benzene rings is 2. The standard InChI is InChI=1S/C19H18ClNO3/c1-13(24-19(23)16-8-4-5-9-17(16)20)18(22)21-11-10-14-6-2-3-7-15(14)12-21/h2-9,13H,10-12H2,1H3/t13-/m0/s1. The van der Waals surface area contributed by atoms with Gasteiger partial charge in [0.15, 0.2) is 6.10 Å². The van der Waals surface area contributed by atoms with Crippen molar-refractivity contribution in [3.63, 3.8) is 0 Å². The SMILES string of the molecule is C[C@H](OC(=O)c1ccccc1Cl)C(=O)N1CCc2ccccc2C1. The lowest BCUT2D eigenvalue weighted by molar-refractivity contribution is -0.140. The molecular formula is C19H18ClNO3. The zero-order valence-electron chi connectivity index (χ0n) is 13.4. The highest BCUT2D eigenvalue weighted by Crippen LogP contribution is 2.21. The summed E-state index contributed by atoms with van der Waals surface area (Å²) in [5.74, 6) is -0.774. The summed E-state index contributed by atoms with van der Waals surface area (Å²) in [6, 6.07) is 14.7. The predicted molar refractivity (Wildman–Crippen MR) is 91.9 cm³/mol. The molecule has 4 nitrogen and oxygen atoms in total. The summed E-state index contributed by atoms with van der Waals surface area (Å²) >= 11 is 5.99. The van der Waals surface area contributed by atoms with Crippen molar-refractivity contribution >= 4 is 23.5 Å². The first-order valence-corrected chi connectivity index (χ1v) is 8.25. The van der Waals surface area contributed by atoms with Crippen molar-refractivity contribution in [1.82, 2.24) is 4.90 Å². The van der Waals surface area contributed by atoms with Crippen LogP contribution in [0.3, 0.4) is 0 Å². The Morgan fingerprint density at radius 1 is 1.08 bits per heavy atom. The second-order valence-electron chi connectivity index (χ2n) is 5.81. The maximum absolute atomic E-state index is 12.6. The van der Waals surface area contributed by atoms with Crippen molar-refractivity contribution in [3.8, 4) is 0 Å². The maximum Gasteiger partial charge on any atom is 0.340 e. The van der Waals surface area contributed by atoms with E-state index in [0.29, 0.717) is 18.1 Å². The van der Waals surface area contributed by atoms with Crippen LogP contribution in [0.2, 0.25) is 5.02 Å². The summed E-state index contributed by atoms with van der Waals surface area (Å²) < 4.78 is 5.31. The molecule has 0 bridgehead atoms. The van der Waals surface area contributed by atoms with Crippen molar-refractivity contribution in [2.24, 2.45) is 0 Å². The number of ether oxygens (including phenoxy) is 1. The average Bonchev–Trinajstić information content (AvgIpc) is 2.60. The first kappa shape index (κ1) is 16.5. The van der Waals surface area contributed by atoms with Crippen molar-refractivity contribution in [1.29, 1.82) is 0 Å². The molecule has 2 aromatic rings. The quantitative estimate of drug-likeness (QED) is 0.802. The largest absolute Gasteiger partial charge is 0.449 e. The van der Waals surface area contributed by atoms with Crippen LogP contribution in [-0.2, 0) is 22.5 Å². The Labute approximate surface area is 146 Å². The van der Waals surface area contributed by atoms with E-state index in [1.807, 2.05) is 18.2 Å². The third-order valence-corrected chi connectivity index (χ3v) is 4.50. The zero-order chi connectivity index (χ0) is 17.1. The Morgan fingerprint density at radius 3 is 2.50 bits per heavy atom. The average molecular weight is 344 g/mol. The van der Waals surface area contributed by atoms with Gasteiger partial charge in [0.05, 0.1) is 10.6 Å². The molecule has 0 aromatic heterocycles. The van der Waals surface area contributed by atoms with Gasteiger partial charge in [0, 0.05) is 13.1 Å². The predicted octanol–water partition coefficient (Wildman–Crippen LogP) is 3.47. The molecule has 1 amide bonds. The Balaban J connectivity index is 1.65. The van der Waals surface area contributed by atoms with Gasteiger partial charge in [-0.15, -0.1) is 0 Å². The zero-order valence-corrected chi connectivity index (χ0v) is 14.1. The van der Waals surface area contributed by atoms with Gasteiger partial charge in [-0.05, 0) is 36.6 Å². The lowest BCUT2D eigenvalue weighted by Crippen LogP contribution is -2.42. The van der Waals surface area contributed by atoms with E-state index in [-0.39, 0.29) is 11.5 Å². The van der Waals surface area contributed by atoms with Gasteiger partial charge in [0.1, 0.15) is 0 Å². The molecule has 5 heteroatoms. The highest BCUT2D eigenvalue weighted by Gasteiger charge is 2.27. The van der Waals surface area contributed by atoms with E-state index in [0.717, 1.165) is 12.0 Å². The molecule has 0 radical (unpaired) electrons. The normalized spacial score (nSPS) is 14.7. The summed E-state index contributed by atoms with van der Waals surface area (Å²) in [6.45, 7) is 2.77. The molecule has 0 N–H and O–H groups in total. The molecule has 0 unspecified atom stereocenters. The van der Waals surface area contributed by atoms with E-state index in [9.17, 15) is 9.59 Å². The van der Waals surface area contributed by atoms with Crippen molar-refractivity contribution in [3.05, 3.63) is 70.2 Å². The highest BCUT2D eigenvalue weighted by atomic mass is 35.5. The molecule has 3 rings (SSSR count). The molecule has 0 aliphatic carbocycles. The Morgan fingerprint density at radius 2 is 1.75 bits per heavy atom. The van der Waals surface area contributed by atoms with Crippen molar-refractivity contribution in [2.45, 2.75) is 26.0 Å². The van der Waals surface area contributed by atoms with Crippen LogP contribution in [-0.4, -0.2) is 29.4 Å². The molecular weight excluding hydrogens is 326 g/mol. The van der Waals surface area contributed by atoms with E-state index in [1.54, 1.807) is 36.1 Å². The number of hydrogen-bond donors (Lipinski definition) is 0. The van der Waals surface area contributed by atoms with Gasteiger partial charge in [-0.25, -0.2) is 4.79 Å². The molecule has 1 heterocycles. The van der Waals surface area contributed by atoms with E-state index in [2.05, 4.69) is 6.07 Å². The van der Waals surface area contributed by atoms with Crippen LogP contribution in [0.25, 0.3) is 0 Å².